The lowest BCUT2D eigenvalue weighted by molar-refractivity contribution is 0.130. The van der Waals surface area contributed by atoms with Crippen molar-refractivity contribution < 1.29 is 14.6 Å². The highest BCUT2D eigenvalue weighted by Gasteiger charge is 2.05. The number of aliphatic hydroxyl groups is 1. The van der Waals surface area contributed by atoms with Gasteiger partial charge in [-0.05, 0) is 31.5 Å². The molecular formula is C11H15NO3. The molecule has 0 saturated heterocycles. The molecule has 15 heavy (non-hydrogen) atoms. The van der Waals surface area contributed by atoms with Crippen LogP contribution in [0.3, 0.4) is 0 Å². The van der Waals surface area contributed by atoms with E-state index in [-0.39, 0.29) is 12.7 Å². The maximum atomic E-state index is 11.2. The van der Waals surface area contributed by atoms with Crippen molar-refractivity contribution in [1.82, 2.24) is 0 Å². The summed E-state index contributed by atoms with van der Waals surface area (Å²) < 4.78 is 4.92. The number of benzene rings is 1. The molecular weight excluding hydrogens is 194 g/mol. The van der Waals surface area contributed by atoms with Crippen LogP contribution in [0.1, 0.15) is 19.4 Å². The molecule has 0 aromatic heterocycles. The number of anilines is 1. The summed E-state index contributed by atoms with van der Waals surface area (Å²) in [4.78, 5) is 11.2. The average Bonchev–Trinajstić information content (AvgIpc) is 2.16. The van der Waals surface area contributed by atoms with Crippen LogP contribution >= 0.6 is 0 Å². The third kappa shape index (κ3) is 3.99. The Morgan fingerprint density at radius 3 is 2.87 bits per heavy atom. The van der Waals surface area contributed by atoms with Gasteiger partial charge in [0, 0.05) is 5.69 Å². The maximum Gasteiger partial charge on any atom is 0.411 e. The first-order valence-electron chi connectivity index (χ1n) is 4.79. The number of rotatable bonds is 3. The predicted octanol–water partition coefficient (Wildman–Crippen LogP) is 2.14. The van der Waals surface area contributed by atoms with Crippen molar-refractivity contribution in [2.75, 3.05) is 5.32 Å². The lowest BCUT2D eigenvalue weighted by Gasteiger charge is -2.09. The zero-order valence-corrected chi connectivity index (χ0v) is 8.86. The molecule has 0 saturated carbocycles. The summed E-state index contributed by atoms with van der Waals surface area (Å²) in [5.74, 6) is 0. The Balaban J connectivity index is 2.60. The van der Waals surface area contributed by atoms with E-state index in [0.29, 0.717) is 5.69 Å². The van der Waals surface area contributed by atoms with Gasteiger partial charge < -0.3 is 9.84 Å². The minimum absolute atomic E-state index is 0.0469. The second-order valence-corrected chi connectivity index (χ2v) is 3.44. The fraction of sp³-hybridized carbons (Fsp3) is 0.364. The van der Waals surface area contributed by atoms with Crippen LogP contribution in [-0.4, -0.2) is 17.3 Å². The highest BCUT2D eigenvalue weighted by Crippen LogP contribution is 2.11. The van der Waals surface area contributed by atoms with Crippen LogP contribution in [-0.2, 0) is 11.3 Å². The third-order valence-corrected chi connectivity index (χ3v) is 1.70. The quantitative estimate of drug-likeness (QED) is 0.801. The Morgan fingerprint density at radius 1 is 1.53 bits per heavy atom. The van der Waals surface area contributed by atoms with Gasteiger partial charge in [0.15, 0.2) is 0 Å². The number of aliphatic hydroxyl groups excluding tert-OH is 1. The van der Waals surface area contributed by atoms with E-state index in [2.05, 4.69) is 5.32 Å². The van der Waals surface area contributed by atoms with Crippen LogP contribution in [0.2, 0.25) is 0 Å². The molecule has 2 N–H and O–H groups in total. The van der Waals surface area contributed by atoms with Gasteiger partial charge in [-0.25, -0.2) is 4.79 Å². The summed E-state index contributed by atoms with van der Waals surface area (Å²) in [5.41, 5.74) is 1.37. The molecule has 4 heteroatoms. The van der Waals surface area contributed by atoms with Gasteiger partial charge in [-0.15, -0.1) is 0 Å². The molecule has 0 bridgehead atoms. The molecule has 0 spiro atoms. The Morgan fingerprint density at radius 2 is 2.27 bits per heavy atom. The molecule has 0 unspecified atom stereocenters. The summed E-state index contributed by atoms with van der Waals surface area (Å²) in [6.45, 7) is 3.52. The zero-order valence-electron chi connectivity index (χ0n) is 8.86. The molecule has 0 aliphatic carbocycles. The van der Waals surface area contributed by atoms with Crippen molar-refractivity contribution in [3.05, 3.63) is 29.8 Å². The number of hydrogen-bond acceptors (Lipinski definition) is 3. The molecule has 1 rings (SSSR count). The molecule has 0 aliphatic rings. The average molecular weight is 209 g/mol. The standard InChI is InChI=1S/C11H15NO3/c1-8(2)15-11(14)12-10-5-3-4-9(6-10)7-13/h3-6,8,13H,7H2,1-2H3,(H,12,14). The summed E-state index contributed by atoms with van der Waals surface area (Å²) in [5, 5.41) is 11.5. The van der Waals surface area contributed by atoms with Gasteiger partial charge in [0.2, 0.25) is 0 Å². The monoisotopic (exact) mass is 209 g/mol. The number of hydrogen-bond donors (Lipinski definition) is 2. The predicted molar refractivity (Wildman–Crippen MR) is 57.6 cm³/mol. The first kappa shape index (κ1) is 11.5. The molecule has 1 aromatic rings. The van der Waals surface area contributed by atoms with Gasteiger partial charge >= 0.3 is 6.09 Å². The molecule has 1 aromatic carbocycles. The molecule has 0 fully saturated rings. The first-order valence-corrected chi connectivity index (χ1v) is 4.79. The lowest BCUT2D eigenvalue weighted by Crippen LogP contribution is -2.17. The van der Waals surface area contributed by atoms with Gasteiger partial charge in [-0.1, -0.05) is 12.1 Å². The van der Waals surface area contributed by atoms with Crippen molar-refractivity contribution in [2.24, 2.45) is 0 Å². The van der Waals surface area contributed by atoms with Crippen LogP contribution < -0.4 is 5.32 Å². The van der Waals surface area contributed by atoms with E-state index in [9.17, 15) is 4.79 Å². The van der Waals surface area contributed by atoms with Crippen LogP contribution in [0.15, 0.2) is 24.3 Å². The summed E-state index contributed by atoms with van der Waals surface area (Å²) in [7, 11) is 0. The van der Waals surface area contributed by atoms with Crippen LogP contribution in [0, 0.1) is 0 Å². The normalized spacial score (nSPS) is 10.1. The summed E-state index contributed by atoms with van der Waals surface area (Å²) in [6.07, 6.45) is -0.633. The van der Waals surface area contributed by atoms with E-state index in [1.165, 1.54) is 0 Å². The molecule has 0 aliphatic heterocycles. The topological polar surface area (TPSA) is 58.6 Å². The van der Waals surface area contributed by atoms with Crippen molar-refractivity contribution in [2.45, 2.75) is 26.6 Å². The second-order valence-electron chi connectivity index (χ2n) is 3.44. The maximum absolute atomic E-state index is 11.2. The fourth-order valence-corrected chi connectivity index (χ4v) is 1.11. The van der Waals surface area contributed by atoms with Crippen LogP contribution in [0.25, 0.3) is 0 Å². The molecule has 4 nitrogen and oxygen atoms in total. The summed E-state index contributed by atoms with van der Waals surface area (Å²) >= 11 is 0. The number of ether oxygens (including phenoxy) is 1. The largest absolute Gasteiger partial charge is 0.447 e. The van der Waals surface area contributed by atoms with Gasteiger partial charge in [0.1, 0.15) is 0 Å². The van der Waals surface area contributed by atoms with Crippen molar-refractivity contribution in [3.8, 4) is 0 Å². The smallest absolute Gasteiger partial charge is 0.411 e. The molecule has 0 atom stereocenters. The van der Waals surface area contributed by atoms with E-state index in [4.69, 9.17) is 9.84 Å². The lowest BCUT2D eigenvalue weighted by atomic mass is 10.2. The van der Waals surface area contributed by atoms with E-state index in [1.54, 1.807) is 38.1 Å². The second kappa shape index (κ2) is 5.36. The third-order valence-electron chi connectivity index (χ3n) is 1.70. The minimum Gasteiger partial charge on any atom is -0.447 e. The van der Waals surface area contributed by atoms with E-state index >= 15 is 0 Å². The molecule has 82 valence electrons. The molecule has 0 heterocycles. The van der Waals surface area contributed by atoms with Crippen molar-refractivity contribution >= 4 is 11.8 Å². The number of carbonyl (C=O) groups is 1. The molecule has 1 amide bonds. The van der Waals surface area contributed by atoms with Crippen LogP contribution in [0.5, 0.6) is 0 Å². The number of carbonyl (C=O) groups excluding carboxylic acids is 1. The van der Waals surface area contributed by atoms with Gasteiger partial charge in [-0.2, -0.15) is 0 Å². The Hall–Kier alpha value is -1.55. The zero-order chi connectivity index (χ0) is 11.3. The SMILES string of the molecule is CC(C)OC(=O)Nc1cccc(CO)c1. The Kier molecular flexibility index (Phi) is 4.12. The van der Waals surface area contributed by atoms with E-state index in [0.717, 1.165) is 5.56 Å². The highest BCUT2D eigenvalue weighted by molar-refractivity contribution is 5.84. The number of amides is 1. The van der Waals surface area contributed by atoms with Gasteiger partial charge in [0.25, 0.3) is 0 Å². The van der Waals surface area contributed by atoms with E-state index in [1.807, 2.05) is 0 Å². The summed E-state index contributed by atoms with van der Waals surface area (Å²) in [6, 6.07) is 6.97. The van der Waals surface area contributed by atoms with E-state index < -0.39 is 6.09 Å². The minimum atomic E-state index is -0.486. The Bertz CT molecular complexity index is 336. The van der Waals surface area contributed by atoms with Gasteiger partial charge in [-0.3, -0.25) is 5.32 Å². The van der Waals surface area contributed by atoms with Crippen molar-refractivity contribution in [1.29, 1.82) is 0 Å². The first-order chi connectivity index (χ1) is 7.11. The van der Waals surface area contributed by atoms with Crippen LogP contribution in [0.4, 0.5) is 10.5 Å². The number of nitrogens with one attached hydrogen (secondary N) is 1. The van der Waals surface area contributed by atoms with Gasteiger partial charge in [0.05, 0.1) is 12.7 Å². The Labute approximate surface area is 88.9 Å². The highest BCUT2D eigenvalue weighted by atomic mass is 16.6. The molecule has 0 radical (unpaired) electrons. The fourth-order valence-electron chi connectivity index (χ4n) is 1.11. The van der Waals surface area contributed by atoms with Crippen molar-refractivity contribution in [3.63, 3.8) is 0 Å².